The number of hydrogen-bond acceptors (Lipinski definition) is 4. The molecule has 2 N–H and O–H groups in total. The van der Waals surface area contributed by atoms with Crippen LogP contribution in [0.5, 0.6) is 11.5 Å². The van der Waals surface area contributed by atoms with Crippen LogP contribution in [0.3, 0.4) is 0 Å². The Morgan fingerprint density at radius 3 is 2.75 bits per heavy atom. The average molecular weight is 291 g/mol. The predicted octanol–water partition coefficient (Wildman–Crippen LogP) is 2.96. The number of nitrogens with two attached hydrogens (primary N) is 1. The Bertz CT molecular complexity index is 451. The van der Waals surface area contributed by atoms with Gasteiger partial charge in [-0.2, -0.15) is 8.78 Å². The van der Waals surface area contributed by atoms with Gasteiger partial charge in [0, 0.05) is 18.7 Å². The minimum absolute atomic E-state index is 0.0277. The zero-order chi connectivity index (χ0) is 14.5. The SMILES string of the molecule is Nc1cc(F)c(OC(F)F)cc1OCC1CCCCO1. The summed E-state index contributed by atoms with van der Waals surface area (Å²) < 4.78 is 52.6. The van der Waals surface area contributed by atoms with Crippen molar-refractivity contribution in [1.82, 2.24) is 0 Å². The highest BCUT2D eigenvalue weighted by Crippen LogP contribution is 2.31. The summed E-state index contributed by atoms with van der Waals surface area (Å²) in [5.41, 5.74) is 5.62. The van der Waals surface area contributed by atoms with Crippen molar-refractivity contribution in [2.45, 2.75) is 32.0 Å². The first-order chi connectivity index (χ1) is 9.56. The summed E-state index contributed by atoms with van der Waals surface area (Å²) in [5, 5.41) is 0. The summed E-state index contributed by atoms with van der Waals surface area (Å²) in [5.74, 6) is -1.44. The first-order valence-corrected chi connectivity index (χ1v) is 6.34. The van der Waals surface area contributed by atoms with Crippen LogP contribution in [0.1, 0.15) is 19.3 Å². The molecule has 112 valence electrons. The molecule has 2 rings (SSSR count). The number of hydrogen-bond donors (Lipinski definition) is 1. The monoisotopic (exact) mass is 291 g/mol. The molecular weight excluding hydrogens is 275 g/mol. The van der Waals surface area contributed by atoms with E-state index < -0.39 is 18.2 Å². The first kappa shape index (κ1) is 14.8. The van der Waals surface area contributed by atoms with Gasteiger partial charge >= 0.3 is 6.61 Å². The van der Waals surface area contributed by atoms with Gasteiger partial charge in [0.05, 0.1) is 11.8 Å². The van der Waals surface area contributed by atoms with Crippen LogP contribution in [-0.2, 0) is 4.74 Å². The van der Waals surface area contributed by atoms with Crippen molar-refractivity contribution in [2.75, 3.05) is 18.9 Å². The predicted molar refractivity (Wildman–Crippen MR) is 66.5 cm³/mol. The van der Waals surface area contributed by atoms with Gasteiger partial charge in [0.1, 0.15) is 12.4 Å². The van der Waals surface area contributed by atoms with Gasteiger partial charge < -0.3 is 19.9 Å². The van der Waals surface area contributed by atoms with E-state index in [1.54, 1.807) is 0 Å². The Balaban J connectivity index is 2.02. The fourth-order valence-electron chi connectivity index (χ4n) is 1.98. The molecule has 0 aromatic heterocycles. The Hall–Kier alpha value is -1.63. The maximum absolute atomic E-state index is 13.4. The van der Waals surface area contributed by atoms with E-state index in [0.717, 1.165) is 31.4 Å². The summed E-state index contributed by atoms with van der Waals surface area (Å²) in [6.45, 7) is -2.20. The maximum atomic E-state index is 13.4. The molecule has 1 aromatic carbocycles. The molecule has 1 fully saturated rings. The molecule has 1 unspecified atom stereocenters. The van der Waals surface area contributed by atoms with Crippen LogP contribution in [0.4, 0.5) is 18.9 Å². The minimum Gasteiger partial charge on any atom is -0.489 e. The number of benzene rings is 1. The van der Waals surface area contributed by atoms with Crippen LogP contribution in [-0.4, -0.2) is 25.9 Å². The molecule has 0 radical (unpaired) electrons. The Morgan fingerprint density at radius 2 is 2.10 bits per heavy atom. The number of rotatable bonds is 5. The van der Waals surface area contributed by atoms with E-state index in [-0.39, 0.29) is 24.1 Å². The third-order valence-corrected chi connectivity index (χ3v) is 2.98. The molecule has 0 aliphatic carbocycles. The van der Waals surface area contributed by atoms with Crippen molar-refractivity contribution in [3.63, 3.8) is 0 Å². The fourth-order valence-corrected chi connectivity index (χ4v) is 1.98. The van der Waals surface area contributed by atoms with Gasteiger partial charge in [-0.1, -0.05) is 0 Å². The summed E-state index contributed by atoms with van der Waals surface area (Å²) in [6, 6.07) is 1.93. The van der Waals surface area contributed by atoms with E-state index in [4.69, 9.17) is 15.2 Å². The zero-order valence-electron chi connectivity index (χ0n) is 10.8. The quantitative estimate of drug-likeness (QED) is 0.847. The van der Waals surface area contributed by atoms with Gasteiger partial charge in [-0.25, -0.2) is 4.39 Å². The van der Waals surface area contributed by atoms with Crippen LogP contribution in [0.2, 0.25) is 0 Å². The second kappa shape index (κ2) is 6.69. The lowest BCUT2D eigenvalue weighted by Crippen LogP contribution is -2.26. The molecule has 0 saturated carbocycles. The third-order valence-electron chi connectivity index (χ3n) is 2.98. The summed E-state index contributed by atoms with van der Waals surface area (Å²) in [6.07, 6.45) is 2.86. The zero-order valence-corrected chi connectivity index (χ0v) is 10.8. The molecule has 7 heteroatoms. The minimum atomic E-state index is -3.11. The molecule has 0 spiro atoms. The standard InChI is InChI=1S/C13H16F3NO3/c14-9-5-10(17)12(6-11(9)20-13(15)16)19-7-8-3-1-2-4-18-8/h5-6,8,13H,1-4,7,17H2. The van der Waals surface area contributed by atoms with Crippen LogP contribution in [0.25, 0.3) is 0 Å². The Kier molecular flexibility index (Phi) is 4.94. The van der Waals surface area contributed by atoms with E-state index in [0.29, 0.717) is 6.61 Å². The molecule has 1 aromatic rings. The van der Waals surface area contributed by atoms with Gasteiger partial charge in [0.2, 0.25) is 0 Å². The molecular formula is C13H16F3NO3. The molecule has 0 bridgehead atoms. The fraction of sp³-hybridized carbons (Fsp3) is 0.538. The normalized spacial score (nSPS) is 19.1. The lowest BCUT2D eigenvalue weighted by molar-refractivity contribution is -0.0524. The van der Waals surface area contributed by atoms with Gasteiger partial charge in [0.15, 0.2) is 11.6 Å². The van der Waals surface area contributed by atoms with E-state index in [2.05, 4.69) is 4.74 Å². The second-order valence-corrected chi connectivity index (χ2v) is 4.50. The molecule has 1 atom stereocenters. The lowest BCUT2D eigenvalue weighted by Gasteiger charge is -2.23. The number of alkyl halides is 2. The van der Waals surface area contributed by atoms with Crippen molar-refractivity contribution < 1.29 is 27.4 Å². The van der Waals surface area contributed by atoms with Gasteiger partial charge in [0.25, 0.3) is 0 Å². The summed E-state index contributed by atoms with van der Waals surface area (Å²) in [7, 11) is 0. The third kappa shape index (κ3) is 3.93. The van der Waals surface area contributed by atoms with Crippen LogP contribution in [0, 0.1) is 5.82 Å². The van der Waals surface area contributed by atoms with E-state index in [9.17, 15) is 13.2 Å². The highest BCUT2D eigenvalue weighted by molar-refractivity contribution is 5.56. The Morgan fingerprint density at radius 1 is 1.30 bits per heavy atom. The number of anilines is 1. The lowest BCUT2D eigenvalue weighted by atomic mass is 10.1. The number of halogens is 3. The first-order valence-electron chi connectivity index (χ1n) is 6.34. The summed E-state index contributed by atoms with van der Waals surface area (Å²) >= 11 is 0. The highest BCUT2D eigenvalue weighted by Gasteiger charge is 2.17. The number of nitrogen functional groups attached to an aromatic ring is 1. The second-order valence-electron chi connectivity index (χ2n) is 4.50. The molecule has 4 nitrogen and oxygen atoms in total. The average Bonchev–Trinajstić information content (AvgIpc) is 2.41. The molecule has 1 saturated heterocycles. The van der Waals surface area contributed by atoms with Gasteiger partial charge in [-0.05, 0) is 19.3 Å². The summed E-state index contributed by atoms with van der Waals surface area (Å²) in [4.78, 5) is 0. The highest BCUT2D eigenvalue weighted by atomic mass is 19.3. The Labute approximate surface area is 114 Å². The van der Waals surface area contributed by atoms with Crippen LogP contribution in [0.15, 0.2) is 12.1 Å². The van der Waals surface area contributed by atoms with E-state index in [1.807, 2.05) is 0 Å². The van der Waals surface area contributed by atoms with E-state index in [1.165, 1.54) is 0 Å². The molecule has 1 heterocycles. The van der Waals surface area contributed by atoms with Crippen molar-refractivity contribution in [1.29, 1.82) is 0 Å². The molecule has 0 amide bonds. The largest absolute Gasteiger partial charge is 0.489 e. The van der Waals surface area contributed by atoms with Crippen LogP contribution < -0.4 is 15.2 Å². The topological polar surface area (TPSA) is 53.7 Å². The van der Waals surface area contributed by atoms with Crippen molar-refractivity contribution in [2.24, 2.45) is 0 Å². The molecule has 1 aliphatic rings. The maximum Gasteiger partial charge on any atom is 0.387 e. The molecule has 1 aliphatic heterocycles. The van der Waals surface area contributed by atoms with Crippen molar-refractivity contribution in [3.8, 4) is 11.5 Å². The van der Waals surface area contributed by atoms with Crippen molar-refractivity contribution >= 4 is 5.69 Å². The molecule has 20 heavy (non-hydrogen) atoms. The smallest absolute Gasteiger partial charge is 0.387 e. The van der Waals surface area contributed by atoms with E-state index >= 15 is 0 Å². The van der Waals surface area contributed by atoms with Gasteiger partial charge in [-0.15, -0.1) is 0 Å². The van der Waals surface area contributed by atoms with Crippen LogP contribution >= 0.6 is 0 Å². The van der Waals surface area contributed by atoms with Gasteiger partial charge in [-0.3, -0.25) is 0 Å². The number of ether oxygens (including phenoxy) is 3. The van der Waals surface area contributed by atoms with Crippen molar-refractivity contribution in [3.05, 3.63) is 17.9 Å².